The maximum absolute atomic E-state index is 13.0. The number of furan rings is 1. The SMILES string of the molecule is COc1cc(-c2cc3cc(-c4nc5cc(C(F)(F)F)ccc5o4)c(O)cc3o2)cc(OC)c1OC. The number of phenolic OH excluding ortho intramolecular Hbond substituents is 1. The lowest BCUT2D eigenvalue weighted by atomic mass is 10.1. The Morgan fingerprint density at radius 2 is 1.54 bits per heavy atom. The number of methoxy groups -OCH3 is 3. The molecular formula is C25H18F3NO6. The Morgan fingerprint density at radius 3 is 2.17 bits per heavy atom. The zero-order valence-electron chi connectivity index (χ0n) is 18.7. The van der Waals surface area contributed by atoms with Crippen LogP contribution in [0.2, 0.25) is 0 Å². The number of rotatable bonds is 5. The van der Waals surface area contributed by atoms with Gasteiger partial charge < -0.3 is 28.2 Å². The van der Waals surface area contributed by atoms with Gasteiger partial charge in [-0.2, -0.15) is 13.2 Å². The summed E-state index contributed by atoms with van der Waals surface area (Å²) in [4.78, 5) is 4.15. The Hall–Kier alpha value is -4.34. The molecule has 0 fully saturated rings. The van der Waals surface area contributed by atoms with Crippen molar-refractivity contribution in [3.8, 4) is 45.8 Å². The molecule has 5 aromatic rings. The number of nitrogens with zero attached hydrogens (tertiary/aromatic N) is 1. The second kappa shape index (κ2) is 8.15. The van der Waals surface area contributed by atoms with Crippen LogP contribution >= 0.6 is 0 Å². The minimum absolute atomic E-state index is 0.0192. The van der Waals surface area contributed by atoms with Crippen molar-refractivity contribution < 1.29 is 41.3 Å². The first-order valence-corrected chi connectivity index (χ1v) is 10.3. The number of halogens is 3. The van der Waals surface area contributed by atoms with Gasteiger partial charge >= 0.3 is 6.18 Å². The van der Waals surface area contributed by atoms with E-state index in [1.165, 1.54) is 33.5 Å². The Bertz CT molecular complexity index is 1540. The van der Waals surface area contributed by atoms with E-state index < -0.39 is 11.7 Å². The van der Waals surface area contributed by atoms with E-state index in [1.807, 2.05) is 0 Å². The number of oxazole rings is 1. The number of hydrogen-bond acceptors (Lipinski definition) is 7. The standard InChI is InChI=1S/C25H18F3NO6/c1-31-21-8-13(9-22(32-2)23(21)33-3)19-7-12-6-15(17(30)11-20(12)34-19)24-29-16-10-14(25(26,27)28)4-5-18(16)35-24/h4-11,30H,1-3H3. The molecule has 0 unspecified atom stereocenters. The van der Waals surface area contributed by atoms with E-state index in [0.717, 1.165) is 12.1 Å². The van der Waals surface area contributed by atoms with Gasteiger partial charge in [0.05, 0.1) is 32.5 Å². The van der Waals surface area contributed by atoms with E-state index in [2.05, 4.69) is 4.98 Å². The zero-order chi connectivity index (χ0) is 24.9. The largest absolute Gasteiger partial charge is 0.507 e. The number of phenols is 1. The summed E-state index contributed by atoms with van der Waals surface area (Å²) in [6.07, 6.45) is -4.51. The molecule has 0 aliphatic carbocycles. The molecule has 0 radical (unpaired) electrons. The summed E-state index contributed by atoms with van der Waals surface area (Å²) < 4.78 is 66.8. The van der Waals surface area contributed by atoms with Gasteiger partial charge in [-0.3, -0.25) is 0 Å². The molecule has 0 bridgehead atoms. The highest BCUT2D eigenvalue weighted by molar-refractivity contribution is 5.90. The fraction of sp³-hybridized carbons (Fsp3) is 0.160. The van der Waals surface area contributed by atoms with E-state index in [1.54, 1.807) is 24.3 Å². The van der Waals surface area contributed by atoms with Gasteiger partial charge in [-0.1, -0.05) is 0 Å². The molecule has 2 aromatic heterocycles. The molecule has 180 valence electrons. The lowest BCUT2D eigenvalue weighted by molar-refractivity contribution is -0.137. The molecule has 3 aromatic carbocycles. The number of aromatic hydroxyl groups is 1. The van der Waals surface area contributed by atoms with Crippen molar-refractivity contribution in [2.45, 2.75) is 6.18 Å². The number of alkyl halides is 3. The quantitative estimate of drug-likeness (QED) is 0.298. The Balaban J connectivity index is 1.59. The average molecular weight is 485 g/mol. The number of ether oxygens (including phenoxy) is 3. The molecular weight excluding hydrogens is 467 g/mol. The van der Waals surface area contributed by atoms with Crippen LogP contribution in [0.25, 0.3) is 44.8 Å². The molecule has 1 N–H and O–H groups in total. The van der Waals surface area contributed by atoms with Crippen molar-refractivity contribution in [2.24, 2.45) is 0 Å². The van der Waals surface area contributed by atoms with Crippen molar-refractivity contribution in [1.82, 2.24) is 4.98 Å². The number of hydrogen-bond donors (Lipinski definition) is 1. The van der Waals surface area contributed by atoms with Crippen molar-refractivity contribution in [1.29, 1.82) is 0 Å². The van der Waals surface area contributed by atoms with Crippen molar-refractivity contribution in [3.63, 3.8) is 0 Å². The first kappa shape index (κ1) is 22.5. The van der Waals surface area contributed by atoms with E-state index in [-0.39, 0.29) is 28.3 Å². The van der Waals surface area contributed by atoms with Crippen LogP contribution in [0.15, 0.2) is 57.4 Å². The van der Waals surface area contributed by atoms with Crippen LogP contribution in [-0.2, 0) is 6.18 Å². The molecule has 0 aliphatic rings. The highest BCUT2D eigenvalue weighted by atomic mass is 19.4. The van der Waals surface area contributed by atoms with Gasteiger partial charge in [0, 0.05) is 17.0 Å². The van der Waals surface area contributed by atoms with E-state index in [0.29, 0.717) is 39.5 Å². The Kier molecular flexibility index (Phi) is 5.23. The molecule has 0 atom stereocenters. The van der Waals surface area contributed by atoms with Gasteiger partial charge in [0.2, 0.25) is 11.6 Å². The molecule has 7 nitrogen and oxygen atoms in total. The summed E-state index contributed by atoms with van der Waals surface area (Å²) in [5.41, 5.74) is 0.579. The van der Waals surface area contributed by atoms with Gasteiger partial charge in [-0.25, -0.2) is 4.98 Å². The molecule has 0 spiro atoms. The molecule has 0 aliphatic heterocycles. The predicted molar refractivity (Wildman–Crippen MR) is 121 cm³/mol. The predicted octanol–water partition coefficient (Wildman–Crippen LogP) is 6.66. The van der Waals surface area contributed by atoms with Crippen molar-refractivity contribution in [2.75, 3.05) is 21.3 Å². The number of fused-ring (bicyclic) bond motifs is 2. The maximum atomic E-state index is 13.0. The van der Waals surface area contributed by atoms with Crippen LogP contribution in [0.1, 0.15) is 5.56 Å². The normalized spacial score (nSPS) is 11.8. The number of benzene rings is 3. The summed E-state index contributed by atoms with van der Waals surface area (Å²) in [6, 6.07) is 11.2. The smallest absolute Gasteiger partial charge is 0.416 e. The van der Waals surface area contributed by atoms with Gasteiger partial charge in [0.25, 0.3) is 0 Å². The van der Waals surface area contributed by atoms with Crippen LogP contribution in [0.5, 0.6) is 23.0 Å². The summed E-state index contributed by atoms with van der Waals surface area (Å²) >= 11 is 0. The highest BCUT2D eigenvalue weighted by Gasteiger charge is 2.31. The van der Waals surface area contributed by atoms with Gasteiger partial charge in [0.1, 0.15) is 22.6 Å². The van der Waals surface area contributed by atoms with Gasteiger partial charge in [-0.05, 0) is 42.5 Å². The third-order valence-electron chi connectivity index (χ3n) is 5.53. The Morgan fingerprint density at radius 1 is 0.829 bits per heavy atom. The molecule has 35 heavy (non-hydrogen) atoms. The minimum atomic E-state index is -4.51. The third-order valence-corrected chi connectivity index (χ3v) is 5.53. The molecule has 5 rings (SSSR count). The third kappa shape index (κ3) is 3.86. The van der Waals surface area contributed by atoms with Gasteiger partial charge in [-0.15, -0.1) is 0 Å². The van der Waals surface area contributed by atoms with E-state index in [4.69, 9.17) is 23.0 Å². The average Bonchev–Trinajstić information content (AvgIpc) is 3.44. The number of aromatic nitrogens is 1. The van der Waals surface area contributed by atoms with Crippen LogP contribution < -0.4 is 14.2 Å². The van der Waals surface area contributed by atoms with Crippen LogP contribution in [-0.4, -0.2) is 31.4 Å². The first-order valence-electron chi connectivity index (χ1n) is 10.3. The van der Waals surface area contributed by atoms with Gasteiger partial charge in [0.15, 0.2) is 17.1 Å². The molecule has 2 heterocycles. The fourth-order valence-electron chi connectivity index (χ4n) is 3.83. The topological polar surface area (TPSA) is 87.1 Å². The minimum Gasteiger partial charge on any atom is -0.507 e. The second-order valence-electron chi connectivity index (χ2n) is 7.63. The summed E-state index contributed by atoms with van der Waals surface area (Å²) in [7, 11) is 4.51. The fourth-order valence-corrected chi connectivity index (χ4v) is 3.83. The van der Waals surface area contributed by atoms with Crippen LogP contribution in [0.4, 0.5) is 13.2 Å². The highest BCUT2D eigenvalue weighted by Crippen LogP contribution is 2.43. The summed E-state index contributed by atoms with van der Waals surface area (Å²) in [5, 5.41) is 11.2. The Labute approximate surface area is 196 Å². The zero-order valence-corrected chi connectivity index (χ0v) is 18.7. The monoisotopic (exact) mass is 485 g/mol. The van der Waals surface area contributed by atoms with Crippen molar-refractivity contribution >= 4 is 22.1 Å². The summed E-state index contributed by atoms with van der Waals surface area (Å²) in [5.74, 6) is 1.55. The van der Waals surface area contributed by atoms with E-state index >= 15 is 0 Å². The molecule has 0 amide bonds. The lowest BCUT2D eigenvalue weighted by Crippen LogP contribution is -2.03. The maximum Gasteiger partial charge on any atom is 0.416 e. The van der Waals surface area contributed by atoms with Crippen molar-refractivity contribution in [3.05, 3.63) is 54.1 Å². The second-order valence-corrected chi connectivity index (χ2v) is 7.63. The van der Waals surface area contributed by atoms with Crippen LogP contribution in [0.3, 0.4) is 0 Å². The lowest BCUT2D eigenvalue weighted by Gasteiger charge is -2.13. The van der Waals surface area contributed by atoms with Crippen LogP contribution in [0, 0.1) is 0 Å². The molecule has 0 saturated carbocycles. The summed E-state index contributed by atoms with van der Waals surface area (Å²) in [6.45, 7) is 0. The molecule has 10 heteroatoms. The molecule has 0 saturated heterocycles. The van der Waals surface area contributed by atoms with E-state index in [9.17, 15) is 18.3 Å². The first-order chi connectivity index (χ1) is 16.7.